The van der Waals surface area contributed by atoms with Gasteiger partial charge in [0, 0.05) is 12.4 Å². The first-order chi connectivity index (χ1) is 6.83. The van der Waals surface area contributed by atoms with E-state index in [-0.39, 0.29) is 6.04 Å². The van der Waals surface area contributed by atoms with Crippen LogP contribution in [0.2, 0.25) is 0 Å². The smallest absolute Gasteiger partial charge is 0.0506 e. The number of nitrogens with two attached hydrogens (primary N) is 1. The van der Waals surface area contributed by atoms with E-state index in [1.54, 1.807) is 0 Å². The van der Waals surface area contributed by atoms with Crippen LogP contribution >= 0.6 is 0 Å². The average molecular weight is 191 g/mol. The first-order valence-electron chi connectivity index (χ1n) is 5.19. The lowest BCUT2D eigenvalue weighted by Gasteiger charge is -2.34. The number of aromatic nitrogens is 1. The second-order valence-electron chi connectivity index (χ2n) is 4.07. The van der Waals surface area contributed by atoms with Crippen molar-refractivity contribution in [1.29, 1.82) is 0 Å². The van der Waals surface area contributed by atoms with Crippen LogP contribution < -0.4 is 11.3 Å². The summed E-state index contributed by atoms with van der Waals surface area (Å²) in [5.41, 5.74) is 5.44. The van der Waals surface area contributed by atoms with Crippen LogP contribution in [0.1, 0.15) is 36.4 Å². The Morgan fingerprint density at radius 3 is 2.86 bits per heavy atom. The number of pyridine rings is 1. The van der Waals surface area contributed by atoms with Crippen molar-refractivity contribution in [2.45, 2.75) is 32.2 Å². The number of hydrogen-bond acceptors (Lipinski definition) is 3. The molecule has 1 heterocycles. The fraction of sp³-hybridized carbons (Fsp3) is 0.545. The summed E-state index contributed by atoms with van der Waals surface area (Å²) in [6, 6.07) is 2.33. The summed E-state index contributed by atoms with van der Waals surface area (Å²) in [7, 11) is 0. The molecule has 0 bridgehead atoms. The summed E-state index contributed by atoms with van der Waals surface area (Å²) < 4.78 is 0. The molecular formula is C11H17N3. The van der Waals surface area contributed by atoms with Crippen molar-refractivity contribution in [3.8, 4) is 0 Å². The SMILES string of the molecule is Cc1ccncc1C(NN)C1CCC1. The van der Waals surface area contributed by atoms with Gasteiger partial charge in [-0.2, -0.15) is 0 Å². The van der Waals surface area contributed by atoms with Gasteiger partial charge in [0.2, 0.25) is 0 Å². The highest BCUT2D eigenvalue weighted by atomic mass is 15.2. The van der Waals surface area contributed by atoms with Crippen molar-refractivity contribution in [3.63, 3.8) is 0 Å². The molecule has 0 saturated heterocycles. The molecule has 3 nitrogen and oxygen atoms in total. The predicted octanol–water partition coefficient (Wildman–Crippen LogP) is 1.69. The molecule has 3 heteroatoms. The molecule has 1 aromatic rings. The summed E-state index contributed by atoms with van der Waals surface area (Å²) >= 11 is 0. The van der Waals surface area contributed by atoms with Crippen LogP contribution in [0.3, 0.4) is 0 Å². The van der Waals surface area contributed by atoms with Crippen LogP contribution in [-0.4, -0.2) is 4.98 Å². The van der Waals surface area contributed by atoms with Crippen LogP contribution in [0.25, 0.3) is 0 Å². The number of rotatable bonds is 3. The third kappa shape index (κ3) is 1.65. The van der Waals surface area contributed by atoms with Crippen LogP contribution in [0.4, 0.5) is 0 Å². The molecule has 0 amide bonds. The number of nitrogens with one attached hydrogen (secondary N) is 1. The Hall–Kier alpha value is -0.930. The Balaban J connectivity index is 2.22. The minimum atomic E-state index is 0.289. The van der Waals surface area contributed by atoms with Crippen molar-refractivity contribution in [2.24, 2.45) is 11.8 Å². The van der Waals surface area contributed by atoms with E-state index in [4.69, 9.17) is 5.84 Å². The average Bonchev–Trinajstić information content (AvgIpc) is 2.12. The molecule has 76 valence electrons. The van der Waals surface area contributed by atoms with Crippen molar-refractivity contribution in [1.82, 2.24) is 10.4 Å². The van der Waals surface area contributed by atoms with Gasteiger partial charge in [-0.25, -0.2) is 0 Å². The normalized spacial score (nSPS) is 19.0. The molecule has 1 atom stereocenters. The van der Waals surface area contributed by atoms with Crippen molar-refractivity contribution in [3.05, 3.63) is 29.6 Å². The molecule has 0 spiro atoms. The van der Waals surface area contributed by atoms with Gasteiger partial charge in [-0.3, -0.25) is 16.3 Å². The first kappa shape index (κ1) is 9.62. The Kier molecular flexibility index (Phi) is 2.79. The molecule has 1 unspecified atom stereocenters. The van der Waals surface area contributed by atoms with Crippen LogP contribution in [0.15, 0.2) is 18.5 Å². The zero-order valence-electron chi connectivity index (χ0n) is 8.53. The topological polar surface area (TPSA) is 50.9 Å². The van der Waals surface area contributed by atoms with Gasteiger partial charge >= 0.3 is 0 Å². The molecule has 0 aromatic carbocycles. The van der Waals surface area contributed by atoms with Gasteiger partial charge in [-0.05, 0) is 42.9 Å². The van der Waals surface area contributed by atoms with E-state index in [0.717, 1.165) is 0 Å². The van der Waals surface area contributed by atoms with Crippen molar-refractivity contribution < 1.29 is 0 Å². The van der Waals surface area contributed by atoms with Crippen LogP contribution in [-0.2, 0) is 0 Å². The number of hydrogen-bond donors (Lipinski definition) is 2. The van der Waals surface area contributed by atoms with E-state index < -0.39 is 0 Å². The lowest BCUT2D eigenvalue weighted by atomic mass is 9.77. The van der Waals surface area contributed by atoms with E-state index in [0.29, 0.717) is 5.92 Å². The fourth-order valence-corrected chi connectivity index (χ4v) is 2.05. The maximum atomic E-state index is 5.61. The van der Waals surface area contributed by atoms with E-state index in [9.17, 15) is 0 Å². The fourth-order valence-electron chi connectivity index (χ4n) is 2.05. The Morgan fingerprint density at radius 1 is 1.57 bits per heavy atom. The largest absolute Gasteiger partial charge is 0.271 e. The second kappa shape index (κ2) is 4.07. The Labute approximate surface area is 84.7 Å². The molecular weight excluding hydrogens is 174 g/mol. The summed E-state index contributed by atoms with van der Waals surface area (Å²) in [4.78, 5) is 4.16. The molecule has 3 N–H and O–H groups in total. The molecule has 1 fully saturated rings. The lowest BCUT2D eigenvalue weighted by molar-refractivity contribution is 0.231. The molecule has 1 aromatic heterocycles. The van der Waals surface area contributed by atoms with Crippen molar-refractivity contribution >= 4 is 0 Å². The summed E-state index contributed by atoms with van der Waals surface area (Å²) in [6.45, 7) is 2.11. The number of hydrazine groups is 1. The molecule has 1 saturated carbocycles. The van der Waals surface area contributed by atoms with Gasteiger partial charge in [-0.15, -0.1) is 0 Å². The highest BCUT2D eigenvalue weighted by Crippen LogP contribution is 2.37. The highest BCUT2D eigenvalue weighted by molar-refractivity contribution is 5.25. The van der Waals surface area contributed by atoms with Gasteiger partial charge in [0.1, 0.15) is 0 Å². The number of nitrogens with zero attached hydrogens (tertiary/aromatic N) is 1. The monoisotopic (exact) mass is 191 g/mol. The Bertz CT molecular complexity index is 307. The third-order valence-corrected chi connectivity index (χ3v) is 3.22. The molecule has 0 aliphatic heterocycles. The quantitative estimate of drug-likeness (QED) is 0.564. The summed E-state index contributed by atoms with van der Waals surface area (Å²) in [5.74, 6) is 6.30. The van der Waals surface area contributed by atoms with E-state index in [1.165, 1.54) is 30.4 Å². The van der Waals surface area contributed by atoms with Gasteiger partial charge in [0.25, 0.3) is 0 Å². The molecule has 0 radical (unpaired) electrons. The zero-order chi connectivity index (χ0) is 9.97. The molecule has 1 aliphatic rings. The zero-order valence-corrected chi connectivity index (χ0v) is 8.53. The van der Waals surface area contributed by atoms with Gasteiger partial charge in [-0.1, -0.05) is 6.42 Å². The first-order valence-corrected chi connectivity index (χ1v) is 5.19. The van der Waals surface area contributed by atoms with Gasteiger partial charge in [0.15, 0.2) is 0 Å². The predicted molar refractivity (Wildman–Crippen MR) is 56.4 cm³/mol. The van der Waals surface area contributed by atoms with E-state index in [1.807, 2.05) is 18.5 Å². The third-order valence-electron chi connectivity index (χ3n) is 3.22. The summed E-state index contributed by atoms with van der Waals surface area (Å²) in [5, 5.41) is 0. The minimum absolute atomic E-state index is 0.289. The Morgan fingerprint density at radius 2 is 2.36 bits per heavy atom. The summed E-state index contributed by atoms with van der Waals surface area (Å²) in [6.07, 6.45) is 7.65. The van der Waals surface area contributed by atoms with E-state index >= 15 is 0 Å². The van der Waals surface area contributed by atoms with E-state index in [2.05, 4.69) is 17.3 Å². The second-order valence-corrected chi connectivity index (χ2v) is 4.07. The maximum Gasteiger partial charge on any atom is 0.0506 e. The molecule has 14 heavy (non-hydrogen) atoms. The maximum absolute atomic E-state index is 5.61. The van der Waals surface area contributed by atoms with Crippen molar-refractivity contribution in [2.75, 3.05) is 0 Å². The van der Waals surface area contributed by atoms with Gasteiger partial charge in [0.05, 0.1) is 6.04 Å². The lowest BCUT2D eigenvalue weighted by Crippen LogP contribution is -2.36. The van der Waals surface area contributed by atoms with Gasteiger partial charge < -0.3 is 0 Å². The standard InChI is InChI=1S/C11H17N3/c1-8-5-6-13-7-10(8)11(14-12)9-3-2-4-9/h5-7,9,11,14H,2-4,12H2,1H3. The highest BCUT2D eigenvalue weighted by Gasteiger charge is 2.28. The van der Waals surface area contributed by atoms with Crippen LogP contribution in [0, 0.1) is 12.8 Å². The molecule has 2 rings (SSSR count). The van der Waals surface area contributed by atoms with Crippen LogP contribution in [0.5, 0.6) is 0 Å². The minimum Gasteiger partial charge on any atom is -0.271 e. The number of aryl methyl sites for hydroxylation is 1. The molecule has 1 aliphatic carbocycles.